The second kappa shape index (κ2) is 6.44. The number of nitrogens with zero attached hydrogens (tertiary/aromatic N) is 5. The number of nitrogens with one attached hydrogen (secondary N) is 1. The summed E-state index contributed by atoms with van der Waals surface area (Å²) in [6.07, 6.45) is 3.62. The summed E-state index contributed by atoms with van der Waals surface area (Å²) in [4.78, 5) is 12.7. The van der Waals surface area contributed by atoms with Crippen LogP contribution in [-0.2, 0) is 7.05 Å². The molecule has 1 N–H and O–H groups in total. The molecule has 0 saturated heterocycles. The van der Waals surface area contributed by atoms with E-state index in [9.17, 15) is 4.79 Å². The van der Waals surface area contributed by atoms with Crippen molar-refractivity contribution in [3.8, 4) is 5.69 Å². The third kappa shape index (κ3) is 2.83. The number of hydrogen-bond acceptors (Lipinski definition) is 4. The van der Waals surface area contributed by atoms with Gasteiger partial charge >= 0.3 is 0 Å². The van der Waals surface area contributed by atoms with Gasteiger partial charge in [0.2, 0.25) is 0 Å². The SMILES string of the molecule is C[C@H](NC(=O)c1ccc2c(c1)nnn2C)c1ccccc1-n1cccn1. The van der Waals surface area contributed by atoms with Crippen molar-refractivity contribution in [1.82, 2.24) is 30.1 Å². The summed E-state index contributed by atoms with van der Waals surface area (Å²) < 4.78 is 3.48. The average Bonchev–Trinajstić information content (AvgIpc) is 3.32. The van der Waals surface area contributed by atoms with Gasteiger partial charge in [-0.15, -0.1) is 5.10 Å². The second-order valence-corrected chi connectivity index (χ2v) is 6.12. The standard InChI is InChI=1S/C19H18N6O/c1-13(15-6-3-4-7-17(15)25-11-5-10-20-25)21-19(26)14-8-9-18-16(12-14)22-23-24(18)2/h3-13H,1-2H3,(H,21,26)/t13-/m0/s1. The van der Waals surface area contributed by atoms with E-state index in [4.69, 9.17) is 0 Å². The maximum absolute atomic E-state index is 12.7. The highest BCUT2D eigenvalue weighted by molar-refractivity contribution is 5.97. The Bertz CT molecular complexity index is 1070. The smallest absolute Gasteiger partial charge is 0.251 e. The number of carbonyl (C=O) groups excluding carboxylic acids is 1. The molecule has 0 spiro atoms. The van der Waals surface area contributed by atoms with Crippen molar-refractivity contribution in [2.24, 2.45) is 7.05 Å². The van der Waals surface area contributed by atoms with Crippen molar-refractivity contribution >= 4 is 16.9 Å². The number of aryl methyl sites for hydroxylation is 1. The fourth-order valence-electron chi connectivity index (χ4n) is 3.01. The lowest BCUT2D eigenvalue weighted by Gasteiger charge is -2.18. The van der Waals surface area contributed by atoms with Gasteiger partial charge in [-0.25, -0.2) is 9.36 Å². The largest absolute Gasteiger partial charge is 0.345 e. The molecule has 4 rings (SSSR count). The molecule has 1 amide bonds. The van der Waals surface area contributed by atoms with Gasteiger partial charge < -0.3 is 5.32 Å². The van der Waals surface area contributed by atoms with Crippen LogP contribution in [0, 0.1) is 0 Å². The zero-order valence-electron chi connectivity index (χ0n) is 14.5. The van der Waals surface area contributed by atoms with E-state index in [0.29, 0.717) is 11.1 Å². The molecular formula is C19H18N6O. The number of carbonyl (C=O) groups is 1. The van der Waals surface area contributed by atoms with E-state index in [-0.39, 0.29) is 11.9 Å². The Kier molecular flexibility index (Phi) is 3.96. The molecule has 0 radical (unpaired) electrons. The van der Waals surface area contributed by atoms with Crippen LogP contribution in [0.2, 0.25) is 0 Å². The Labute approximate surface area is 150 Å². The molecule has 26 heavy (non-hydrogen) atoms. The van der Waals surface area contributed by atoms with Crippen LogP contribution in [0.5, 0.6) is 0 Å². The quantitative estimate of drug-likeness (QED) is 0.616. The molecule has 130 valence electrons. The Morgan fingerprint density at radius 3 is 2.81 bits per heavy atom. The molecule has 2 heterocycles. The Morgan fingerprint density at radius 1 is 1.15 bits per heavy atom. The molecule has 0 fully saturated rings. The average molecular weight is 346 g/mol. The molecule has 1 atom stereocenters. The van der Waals surface area contributed by atoms with E-state index in [2.05, 4.69) is 20.7 Å². The lowest BCUT2D eigenvalue weighted by molar-refractivity contribution is 0.0940. The van der Waals surface area contributed by atoms with Crippen molar-refractivity contribution in [1.29, 1.82) is 0 Å². The molecule has 0 bridgehead atoms. The van der Waals surface area contributed by atoms with Crippen molar-refractivity contribution < 1.29 is 4.79 Å². The van der Waals surface area contributed by atoms with Crippen LogP contribution < -0.4 is 5.32 Å². The maximum Gasteiger partial charge on any atom is 0.251 e. The highest BCUT2D eigenvalue weighted by atomic mass is 16.1. The first kappa shape index (κ1) is 16.0. The van der Waals surface area contributed by atoms with Crippen LogP contribution in [0.15, 0.2) is 60.9 Å². The molecule has 0 saturated carbocycles. The molecule has 0 aliphatic carbocycles. The highest BCUT2D eigenvalue weighted by Crippen LogP contribution is 2.22. The summed E-state index contributed by atoms with van der Waals surface area (Å²) in [6, 6.07) is 15.0. The molecule has 0 aliphatic rings. The van der Waals surface area contributed by atoms with Gasteiger partial charge in [-0.2, -0.15) is 5.10 Å². The van der Waals surface area contributed by atoms with Crippen molar-refractivity contribution in [3.05, 3.63) is 72.1 Å². The number of hydrogen-bond donors (Lipinski definition) is 1. The fourth-order valence-corrected chi connectivity index (χ4v) is 3.01. The third-order valence-corrected chi connectivity index (χ3v) is 4.37. The first-order valence-corrected chi connectivity index (χ1v) is 8.33. The summed E-state index contributed by atoms with van der Waals surface area (Å²) in [6.45, 7) is 1.96. The van der Waals surface area contributed by atoms with Crippen molar-refractivity contribution in [2.75, 3.05) is 0 Å². The minimum Gasteiger partial charge on any atom is -0.345 e. The number of amides is 1. The second-order valence-electron chi connectivity index (χ2n) is 6.12. The van der Waals surface area contributed by atoms with Crippen LogP contribution >= 0.6 is 0 Å². The zero-order chi connectivity index (χ0) is 18.1. The van der Waals surface area contributed by atoms with Gasteiger partial charge in [0.25, 0.3) is 5.91 Å². The van der Waals surface area contributed by atoms with Gasteiger partial charge in [0.05, 0.1) is 17.2 Å². The van der Waals surface area contributed by atoms with Gasteiger partial charge in [0.15, 0.2) is 0 Å². The summed E-state index contributed by atoms with van der Waals surface area (Å²) in [5.74, 6) is -0.152. The normalized spacial score (nSPS) is 12.2. The number of rotatable bonds is 4. The monoisotopic (exact) mass is 346 g/mol. The van der Waals surface area contributed by atoms with Crippen LogP contribution in [0.1, 0.15) is 28.9 Å². The van der Waals surface area contributed by atoms with Gasteiger partial charge in [-0.3, -0.25) is 4.79 Å². The molecule has 0 unspecified atom stereocenters. The van der Waals surface area contributed by atoms with Crippen LogP contribution in [-0.4, -0.2) is 30.7 Å². The van der Waals surface area contributed by atoms with E-state index < -0.39 is 0 Å². The van der Waals surface area contributed by atoms with E-state index in [0.717, 1.165) is 16.8 Å². The van der Waals surface area contributed by atoms with Gasteiger partial charge in [-0.05, 0) is 42.8 Å². The lowest BCUT2D eigenvalue weighted by atomic mass is 10.1. The van der Waals surface area contributed by atoms with E-state index in [1.165, 1.54) is 0 Å². The Morgan fingerprint density at radius 2 is 2.00 bits per heavy atom. The number of aromatic nitrogens is 5. The Hall–Kier alpha value is -3.48. The maximum atomic E-state index is 12.7. The minimum absolute atomic E-state index is 0.152. The minimum atomic E-state index is -0.180. The first-order valence-electron chi connectivity index (χ1n) is 8.33. The predicted molar refractivity (Wildman–Crippen MR) is 98.0 cm³/mol. The van der Waals surface area contributed by atoms with Crippen molar-refractivity contribution in [2.45, 2.75) is 13.0 Å². The lowest BCUT2D eigenvalue weighted by Crippen LogP contribution is -2.27. The zero-order valence-corrected chi connectivity index (χ0v) is 14.5. The molecule has 2 aromatic heterocycles. The molecule has 0 aliphatic heterocycles. The molecule has 2 aromatic carbocycles. The van der Waals surface area contributed by atoms with Crippen LogP contribution in [0.4, 0.5) is 0 Å². The summed E-state index contributed by atoms with van der Waals surface area (Å²) in [7, 11) is 1.82. The van der Waals surface area contributed by atoms with Gasteiger partial charge in [0, 0.05) is 25.0 Å². The van der Waals surface area contributed by atoms with Gasteiger partial charge in [0.1, 0.15) is 5.52 Å². The molecule has 7 nitrogen and oxygen atoms in total. The van der Waals surface area contributed by atoms with Gasteiger partial charge in [-0.1, -0.05) is 23.4 Å². The van der Waals surface area contributed by atoms with Crippen LogP contribution in [0.25, 0.3) is 16.7 Å². The topological polar surface area (TPSA) is 77.6 Å². The van der Waals surface area contributed by atoms with Crippen molar-refractivity contribution in [3.63, 3.8) is 0 Å². The van der Waals surface area contributed by atoms with Crippen LogP contribution in [0.3, 0.4) is 0 Å². The molecular weight excluding hydrogens is 328 g/mol. The number of benzene rings is 2. The van der Waals surface area contributed by atoms with E-state index in [1.807, 2.05) is 56.6 Å². The predicted octanol–water partition coefficient (Wildman–Crippen LogP) is 2.65. The third-order valence-electron chi connectivity index (χ3n) is 4.37. The molecule has 7 heteroatoms. The summed E-state index contributed by atoms with van der Waals surface area (Å²) in [5.41, 5.74) is 4.07. The van der Waals surface area contributed by atoms with E-state index >= 15 is 0 Å². The Balaban J connectivity index is 1.59. The van der Waals surface area contributed by atoms with E-state index in [1.54, 1.807) is 27.7 Å². The highest BCUT2D eigenvalue weighted by Gasteiger charge is 2.16. The number of fused-ring (bicyclic) bond motifs is 1. The fraction of sp³-hybridized carbons (Fsp3) is 0.158. The summed E-state index contributed by atoms with van der Waals surface area (Å²) >= 11 is 0. The number of para-hydroxylation sites is 1. The first-order chi connectivity index (χ1) is 12.6. The molecule has 4 aromatic rings. The summed E-state index contributed by atoms with van der Waals surface area (Å²) in [5, 5.41) is 15.4.